The van der Waals surface area contributed by atoms with Gasteiger partial charge in [-0.2, -0.15) is 0 Å². The van der Waals surface area contributed by atoms with Crippen molar-refractivity contribution >= 4 is 11.9 Å². The molecular weight excluding hydrogens is 512 g/mol. The van der Waals surface area contributed by atoms with Crippen molar-refractivity contribution in [3.05, 3.63) is 0 Å². The fraction of sp³-hybridized carbons (Fsp3) is 0.943. The van der Waals surface area contributed by atoms with Gasteiger partial charge in [0.25, 0.3) is 0 Å². The third kappa shape index (κ3) is 4.99. The minimum Gasteiger partial charge on any atom is -0.456 e. The summed E-state index contributed by atoms with van der Waals surface area (Å²) in [6.45, 7) is 13.3. The molecule has 0 amide bonds. The van der Waals surface area contributed by atoms with Crippen LogP contribution in [0.1, 0.15) is 111 Å². The van der Waals surface area contributed by atoms with Gasteiger partial charge in [0.15, 0.2) is 12.2 Å². The molecule has 6 heteroatoms. The van der Waals surface area contributed by atoms with Gasteiger partial charge in [0.05, 0.1) is 40.3 Å². The lowest BCUT2D eigenvalue weighted by Gasteiger charge is -2.63. The zero-order valence-corrected chi connectivity index (χ0v) is 27.2. The van der Waals surface area contributed by atoms with Crippen LogP contribution in [0.5, 0.6) is 0 Å². The average molecular weight is 573 g/mol. The number of hydrogen-bond donors (Lipinski definition) is 0. The fourth-order valence-electron chi connectivity index (χ4n) is 12.3. The molecule has 0 aromatic heterocycles. The summed E-state index contributed by atoms with van der Waals surface area (Å²) in [5.74, 6) is 2.52. The van der Waals surface area contributed by atoms with Crippen molar-refractivity contribution in [2.45, 2.75) is 135 Å². The van der Waals surface area contributed by atoms with Crippen LogP contribution in [-0.4, -0.2) is 85.5 Å². The molecule has 0 radical (unpaired) electrons. The second kappa shape index (κ2) is 10.8. The largest absolute Gasteiger partial charge is 0.456 e. The van der Waals surface area contributed by atoms with Crippen LogP contribution in [0.25, 0.3) is 0 Å². The highest BCUT2D eigenvalue weighted by Crippen LogP contribution is 2.68. The Morgan fingerprint density at radius 3 is 1.85 bits per heavy atom. The Labute approximate surface area is 250 Å². The van der Waals surface area contributed by atoms with Gasteiger partial charge in [0, 0.05) is 32.1 Å². The summed E-state index contributed by atoms with van der Waals surface area (Å²) in [5, 5.41) is 0. The number of piperidine rings is 2. The summed E-state index contributed by atoms with van der Waals surface area (Å²) in [6.07, 6.45) is 16.4. The third-order valence-electron chi connectivity index (χ3n) is 14.5. The monoisotopic (exact) mass is 572 g/mol. The summed E-state index contributed by atoms with van der Waals surface area (Å²) >= 11 is 0. The lowest BCUT2D eigenvalue weighted by molar-refractivity contribution is -0.943. The molecule has 0 bridgehead atoms. The molecule has 4 aliphatic carbocycles. The van der Waals surface area contributed by atoms with Crippen LogP contribution in [-0.2, 0) is 19.1 Å². The second-order valence-corrected chi connectivity index (χ2v) is 16.7. The van der Waals surface area contributed by atoms with Crippen LogP contribution >= 0.6 is 0 Å². The molecule has 0 N–H and O–H groups in total. The standard InChI is InChI=1S/C35H60N2O4/c1-24(38)40-32-21-26-13-14-27-28(35(26,4)23-31(32)37(6)19-11-8-12-20-37)15-16-34(3)29(27)22-30(33(34)41-25(2)39)36(5)17-9-7-10-18-36/h26-33H,7-23H2,1-6H3/q+2/t26?,27-,28+,29+,30?,31?,32?,33?,34+,35+/m1/s1. The highest BCUT2D eigenvalue weighted by atomic mass is 16.5. The van der Waals surface area contributed by atoms with E-state index in [4.69, 9.17) is 9.47 Å². The molecule has 232 valence electrons. The smallest absolute Gasteiger partial charge is 0.303 e. The van der Waals surface area contributed by atoms with Crippen molar-refractivity contribution in [2.75, 3.05) is 40.3 Å². The Hall–Kier alpha value is -1.14. The van der Waals surface area contributed by atoms with E-state index in [0.717, 1.165) is 21.3 Å². The molecule has 6 fully saturated rings. The number of nitrogens with zero attached hydrogens (tertiary/aromatic N) is 2. The SMILES string of the molecule is CC(=O)OC1CC2CC[C@@H]3[C@H](CC[C@]4(C)C(OC(C)=O)C([N+]5(C)CCCCC5)C[C@@H]34)[C@@]2(C)CC1[N+]1(C)CCCCC1. The van der Waals surface area contributed by atoms with Crippen LogP contribution in [0, 0.1) is 34.5 Å². The highest BCUT2D eigenvalue weighted by molar-refractivity contribution is 5.66. The van der Waals surface area contributed by atoms with Gasteiger partial charge in [0.2, 0.25) is 0 Å². The normalized spacial score (nSPS) is 46.9. The number of carbonyl (C=O) groups is 2. The molecule has 41 heavy (non-hydrogen) atoms. The molecule has 2 heterocycles. The van der Waals surface area contributed by atoms with E-state index in [1.165, 1.54) is 103 Å². The van der Waals surface area contributed by atoms with Crippen LogP contribution in [0.4, 0.5) is 0 Å². The summed E-state index contributed by atoms with van der Waals surface area (Å²) in [5.41, 5.74) is 0.377. The molecule has 0 aromatic carbocycles. The molecule has 2 aliphatic heterocycles. The molecule has 2 saturated heterocycles. The van der Waals surface area contributed by atoms with E-state index in [9.17, 15) is 9.59 Å². The number of rotatable bonds is 4. The minimum atomic E-state index is -0.0998. The summed E-state index contributed by atoms with van der Waals surface area (Å²) in [7, 11) is 4.94. The Balaban J connectivity index is 1.31. The number of fused-ring (bicyclic) bond motifs is 5. The van der Waals surface area contributed by atoms with Crippen molar-refractivity contribution in [3.8, 4) is 0 Å². The number of ether oxygens (including phenoxy) is 2. The molecule has 6 aliphatic rings. The molecule has 5 unspecified atom stereocenters. The quantitative estimate of drug-likeness (QED) is 0.301. The van der Waals surface area contributed by atoms with Gasteiger partial charge in [-0.25, -0.2) is 0 Å². The number of likely N-dealkylation sites (tertiary alicyclic amines) is 2. The first-order valence-electron chi connectivity index (χ1n) is 17.4. The van der Waals surface area contributed by atoms with Gasteiger partial charge in [-0.05, 0) is 99.7 Å². The maximum Gasteiger partial charge on any atom is 0.303 e. The van der Waals surface area contributed by atoms with Crippen LogP contribution in [0.15, 0.2) is 0 Å². The van der Waals surface area contributed by atoms with Gasteiger partial charge in [0.1, 0.15) is 12.1 Å². The predicted octanol–water partition coefficient (Wildman–Crippen LogP) is 6.11. The molecule has 6 rings (SSSR count). The van der Waals surface area contributed by atoms with Gasteiger partial charge in [-0.1, -0.05) is 13.8 Å². The van der Waals surface area contributed by atoms with E-state index in [2.05, 4.69) is 27.9 Å². The number of quaternary nitrogens is 2. The Bertz CT molecular complexity index is 1000. The maximum absolute atomic E-state index is 12.5. The average Bonchev–Trinajstić information content (AvgIpc) is 3.21. The topological polar surface area (TPSA) is 52.6 Å². The van der Waals surface area contributed by atoms with E-state index in [0.29, 0.717) is 35.3 Å². The van der Waals surface area contributed by atoms with E-state index >= 15 is 0 Å². The van der Waals surface area contributed by atoms with Crippen LogP contribution in [0.2, 0.25) is 0 Å². The molecular formula is C35H60N2O4+2. The van der Waals surface area contributed by atoms with E-state index < -0.39 is 0 Å². The molecule has 4 saturated carbocycles. The third-order valence-corrected chi connectivity index (χ3v) is 14.5. The number of hydrogen-bond acceptors (Lipinski definition) is 4. The lowest BCUT2D eigenvalue weighted by atomic mass is 9.44. The van der Waals surface area contributed by atoms with Gasteiger partial charge >= 0.3 is 11.9 Å². The predicted molar refractivity (Wildman–Crippen MR) is 161 cm³/mol. The van der Waals surface area contributed by atoms with Crippen molar-refractivity contribution in [1.82, 2.24) is 0 Å². The number of carbonyl (C=O) groups excluding carboxylic acids is 2. The summed E-state index contributed by atoms with van der Waals surface area (Å²) < 4.78 is 14.7. The highest BCUT2D eigenvalue weighted by Gasteiger charge is 2.68. The molecule has 0 aromatic rings. The second-order valence-electron chi connectivity index (χ2n) is 16.7. The van der Waals surface area contributed by atoms with Crippen molar-refractivity contribution in [1.29, 1.82) is 0 Å². The molecule has 6 nitrogen and oxygen atoms in total. The Kier molecular flexibility index (Phi) is 7.87. The first-order chi connectivity index (χ1) is 19.4. The maximum atomic E-state index is 12.5. The van der Waals surface area contributed by atoms with Gasteiger partial charge < -0.3 is 18.4 Å². The lowest BCUT2D eigenvalue weighted by Crippen LogP contribution is -2.66. The van der Waals surface area contributed by atoms with Crippen molar-refractivity contribution in [3.63, 3.8) is 0 Å². The van der Waals surface area contributed by atoms with E-state index in [1.54, 1.807) is 13.8 Å². The summed E-state index contributed by atoms with van der Waals surface area (Å²) in [4.78, 5) is 24.8. The van der Waals surface area contributed by atoms with Crippen molar-refractivity contribution in [2.24, 2.45) is 34.5 Å². The van der Waals surface area contributed by atoms with Gasteiger partial charge in [-0.15, -0.1) is 0 Å². The van der Waals surface area contributed by atoms with Crippen molar-refractivity contribution < 1.29 is 28.0 Å². The van der Waals surface area contributed by atoms with Crippen LogP contribution < -0.4 is 0 Å². The molecule has 10 atom stereocenters. The zero-order chi connectivity index (χ0) is 29.2. The Morgan fingerprint density at radius 2 is 1.27 bits per heavy atom. The number of likely N-dealkylation sites (N-methyl/N-ethyl adjacent to an activating group) is 2. The fourth-order valence-corrected chi connectivity index (χ4v) is 12.3. The number of esters is 2. The van der Waals surface area contributed by atoms with E-state index in [-0.39, 0.29) is 29.6 Å². The minimum absolute atomic E-state index is 0.0462. The summed E-state index contributed by atoms with van der Waals surface area (Å²) in [6, 6.07) is 0.846. The first-order valence-corrected chi connectivity index (χ1v) is 17.4. The van der Waals surface area contributed by atoms with E-state index in [1.807, 2.05) is 0 Å². The van der Waals surface area contributed by atoms with Crippen LogP contribution in [0.3, 0.4) is 0 Å². The zero-order valence-electron chi connectivity index (χ0n) is 27.2. The first kappa shape index (κ1) is 29.9. The van der Waals surface area contributed by atoms with Gasteiger partial charge in [-0.3, -0.25) is 9.59 Å². The molecule has 0 spiro atoms. The Morgan fingerprint density at radius 1 is 0.683 bits per heavy atom.